The van der Waals surface area contributed by atoms with E-state index in [0.29, 0.717) is 0 Å². The van der Waals surface area contributed by atoms with Gasteiger partial charge in [-0.2, -0.15) is 0 Å². The minimum Gasteiger partial charge on any atom is -0.261 e. The molecule has 1 nitrogen and oxygen atoms in total. The van der Waals surface area contributed by atoms with Crippen LogP contribution >= 0.6 is 0 Å². The van der Waals surface area contributed by atoms with Crippen molar-refractivity contribution < 1.29 is 0 Å². The summed E-state index contributed by atoms with van der Waals surface area (Å²) >= 11 is 0. The van der Waals surface area contributed by atoms with Crippen LogP contribution in [-0.4, -0.2) is 4.98 Å². The highest BCUT2D eigenvalue weighted by Crippen LogP contribution is 2.14. The van der Waals surface area contributed by atoms with Crippen LogP contribution in [0.15, 0.2) is 49.2 Å². The quantitative estimate of drug-likeness (QED) is 0.768. The van der Waals surface area contributed by atoms with Crippen LogP contribution in [0.4, 0.5) is 0 Å². The third-order valence-corrected chi connectivity index (χ3v) is 3.06. The van der Waals surface area contributed by atoms with Gasteiger partial charge in [0.25, 0.3) is 0 Å². The molecule has 0 aliphatic rings. The molecule has 2 aromatic rings. The Morgan fingerprint density at radius 3 is 2.53 bits per heavy atom. The van der Waals surface area contributed by atoms with Gasteiger partial charge >= 0.3 is 0 Å². The van der Waals surface area contributed by atoms with Crippen LogP contribution < -0.4 is 0 Å². The van der Waals surface area contributed by atoms with Crippen molar-refractivity contribution in [1.29, 1.82) is 0 Å². The molecule has 0 N–H and O–H groups in total. The molecule has 17 heavy (non-hydrogen) atoms. The van der Waals surface area contributed by atoms with Crippen molar-refractivity contribution in [3.63, 3.8) is 0 Å². The fourth-order valence-electron chi connectivity index (χ4n) is 2.01. The molecule has 0 saturated carbocycles. The maximum atomic E-state index is 4.31. The summed E-state index contributed by atoms with van der Waals surface area (Å²) in [5.74, 6) is 0. The fraction of sp³-hybridized carbons (Fsp3) is 0.188. The molecule has 2 rings (SSSR count). The summed E-state index contributed by atoms with van der Waals surface area (Å²) in [5.41, 5.74) is 5.04. The highest BCUT2D eigenvalue weighted by molar-refractivity contribution is 5.51. The van der Waals surface area contributed by atoms with Gasteiger partial charge in [-0.1, -0.05) is 43.0 Å². The molecular weight excluding hydrogens is 206 g/mol. The van der Waals surface area contributed by atoms with Gasteiger partial charge in [0, 0.05) is 11.9 Å². The van der Waals surface area contributed by atoms with Crippen molar-refractivity contribution in [2.24, 2.45) is 0 Å². The second-order valence-corrected chi connectivity index (χ2v) is 4.15. The van der Waals surface area contributed by atoms with E-state index >= 15 is 0 Å². The lowest BCUT2D eigenvalue weighted by molar-refractivity contribution is 0.929. The highest BCUT2D eigenvalue weighted by atomic mass is 14.7. The summed E-state index contributed by atoms with van der Waals surface area (Å²) in [5, 5.41) is 0. The van der Waals surface area contributed by atoms with E-state index < -0.39 is 0 Å². The third-order valence-electron chi connectivity index (χ3n) is 3.06. The van der Waals surface area contributed by atoms with Crippen LogP contribution in [0, 0.1) is 6.92 Å². The third kappa shape index (κ3) is 2.82. The normalized spacial score (nSPS) is 10.2. The Morgan fingerprint density at radius 2 is 1.76 bits per heavy atom. The first kappa shape index (κ1) is 11.6. The molecule has 0 radical (unpaired) electrons. The van der Waals surface area contributed by atoms with Crippen molar-refractivity contribution in [2.45, 2.75) is 19.8 Å². The van der Waals surface area contributed by atoms with Crippen molar-refractivity contribution in [1.82, 2.24) is 4.98 Å². The van der Waals surface area contributed by atoms with E-state index in [1.165, 1.54) is 16.7 Å². The van der Waals surface area contributed by atoms with Crippen LogP contribution in [0.5, 0.6) is 0 Å². The van der Waals surface area contributed by atoms with Crippen LogP contribution in [0.3, 0.4) is 0 Å². The van der Waals surface area contributed by atoms with Crippen molar-refractivity contribution >= 4 is 6.08 Å². The zero-order chi connectivity index (χ0) is 12.1. The molecule has 1 aromatic carbocycles. The molecule has 0 atom stereocenters. The Kier molecular flexibility index (Phi) is 3.71. The van der Waals surface area contributed by atoms with Gasteiger partial charge in [0.15, 0.2) is 0 Å². The lowest BCUT2D eigenvalue weighted by Gasteiger charge is -2.07. The molecule has 0 amide bonds. The standard InChI is InChI=1S/C16H17N/c1-3-14-7-4-5-8-16(14)11-10-15-9-6-12-17-13(15)2/h3-9,12H,1,10-11H2,2H3. The van der Waals surface area contributed by atoms with E-state index in [-0.39, 0.29) is 0 Å². The van der Waals surface area contributed by atoms with Gasteiger partial charge < -0.3 is 0 Å². The number of hydrogen-bond acceptors (Lipinski definition) is 1. The van der Waals surface area contributed by atoms with Gasteiger partial charge in [-0.05, 0) is 42.5 Å². The Hall–Kier alpha value is -1.89. The summed E-state index contributed by atoms with van der Waals surface area (Å²) in [4.78, 5) is 4.31. The summed E-state index contributed by atoms with van der Waals surface area (Å²) in [7, 11) is 0. The van der Waals surface area contributed by atoms with Crippen molar-refractivity contribution in [3.8, 4) is 0 Å². The van der Waals surface area contributed by atoms with Crippen LogP contribution in [-0.2, 0) is 12.8 Å². The molecule has 1 heterocycles. The molecule has 86 valence electrons. The van der Waals surface area contributed by atoms with E-state index in [4.69, 9.17) is 0 Å². The maximum Gasteiger partial charge on any atom is 0.0404 e. The predicted molar refractivity (Wildman–Crippen MR) is 72.9 cm³/mol. The molecule has 0 bridgehead atoms. The fourth-order valence-corrected chi connectivity index (χ4v) is 2.01. The Bertz CT molecular complexity index is 514. The molecule has 0 saturated heterocycles. The predicted octanol–water partition coefficient (Wildman–Crippen LogP) is 3.82. The van der Waals surface area contributed by atoms with Crippen molar-refractivity contribution in [3.05, 3.63) is 71.6 Å². The highest BCUT2D eigenvalue weighted by Gasteiger charge is 2.01. The summed E-state index contributed by atoms with van der Waals surface area (Å²) in [6.07, 6.45) is 5.83. The number of rotatable bonds is 4. The average Bonchev–Trinajstić information content (AvgIpc) is 2.38. The molecule has 0 unspecified atom stereocenters. The minimum absolute atomic E-state index is 1.03. The lowest BCUT2D eigenvalue weighted by Crippen LogP contribution is -1.97. The van der Waals surface area contributed by atoms with Crippen molar-refractivity contribution in [2.75, 3.05) is 0 Å². The summed E-state index contributed by atoms with van der Waals surface area (Å²) < 4.78 is 0. The number of hydrogen-bond donors (Lipinski definition) is 0. The second kappa shape index (κ2) is 5.44. The van der Waals surface area contributed by atoms with E-state index in [2.05, 4.69) is 48.8 Å². The van der Waals surface area contributed by atoms with E-state index in [9.17, 15) is 0 Å². The van der Waals surface area contributed by atoms with Gasteiger partial charge in [0.05, 0.1) is 0 Å². The van der Waals surface area contributed by atoms with E-state index in [0.717, 1.165) is 18.5 Å². The maximum absolute atomic E-state index is 4.31. The Labute approximate surface area is 103 Å². The van der Waals surface area contributed by atoms with Gasteiger partial charge in [-0.15, -0.1) is 0 Å². The van der Waals surface area contributed by atoms with Crippen LogP contribution in [0.25, 0.3) is 6.08 Å². The molecule has 0 aliphatic heterocycles. The SMILES string of the molecule is C=Cc1ccccc1CCc1cccnc1C. The Balaban J connectivity index is 2.13. The molecule has 0 spiro atoms. The molecular formula is C16H17N. The first-order valence-electron chi connectivity index (χ1n) is 5.92. The molecule has 0 aliphatic carbocycles. The smallest absolute Gasteiger partial charge is 0.0404 e. The number of aromatic nitrogens is 1. The van der Waals surface area contributed by atoms with Gasteiger partial charge in [0.2, 0.25) is 0 Å². The number of nitrogens with zero attached hydrogens (tertiary/aromatic N) is 1. The first-order chi connectivity index (χ1) is 8.31. The first-order valence-corrected chi connectivity index (χ1v) is 5.92. The van der Waals surface area contributed by atoms with E-state index in [1.807, 2.05) is 18.3 Å². The number of pyridine rings is 1. The lowest BCUT2D eigenvalue weighted by atomic mass is 9.99. The molecule has 1 aromatic heterocycles. The zero-order valence-corrected chi connectivity index (χ0v) is 10.2. The summed E-state index contributed by atoms with van der Waals surface area (Å²) in [6, 6.07) is 12.6. The Morgan fingerprint density at radius 1 is 1.06 bits per heavy atom. The van der Waals surface area contributed by atoms with Crippen LogP contribution in [0.2, 0.25) is 0 Å². The molecule has 0 fully saturated rings. The zero-order valence-electron chi connectivity index (χ0n) is 10.2. The number of aryl methyl sites for hydroxylation is 3. The topological polar surface area (TPSA) is 12.9 Å². The average molecular weight is 223 g/mol. The van der Waals surface area contributed by atoms with Gasteiger partial charge in [-0.25, -0.2) is 0 Å². The largest absolute Gasteiger partial charge is 0.261 e. The second-order valence-electron chi connectivity index (χ2n) is 4.15. The summed E-state index contributed by atoms with van der Waals surface area (Å²) in [6.45, 7) is 5.92. The van der Waals surface area contributed by atoms with E-state index in [1.54, 1.807) is 0 Å². The van der Waals surface area contributed by atoms with Gasteiger partial charge in [0.1, 0.15) is 0 Å². The van der Waals surface area contributed by atoms with Gasteiger partial charge in [-0.3, -0.25) is 4.98 Å². The minimum atomic E-state index is 1.03. The monoisotopic (exact) mass is 223 g/mol. The van der Waals surface area contributed by atoms with Crippen LogP contribution in [0.1, 0.15) is 22.4 Å². The number of benzene rings is 1. The molecule has 1 heteroatoms.